The molecular formula is C30H48O3. The smallest absolute Gasteiger partial charge is 0.309 e. The summed E-state index contributed by atoms with van der Waals surface area (Å²) in [4.78, 5) is 12.8. The summed E-state index contributed by atoms with van der Waals surface area (Å²) in [5, 5.41) is 21.4. The molecule has 0 aliphatic heterocycles. The Labute approximate surface area is 201 Å². The number of carboxylic acids is 1. The quantitative estimate of drug-likeness (QED) is 0.436. The Balaban J connectivity index is 1.57. The second-order valence-corrected chi connectivity index (χ2v) is 14.5. The first kappa shape index (κ1) is 23.9. The van der Waals surface area contributed by atoms with Gasteiger partial charge in [-0.3, -0.25) is 4.79 Å². The van der Waals surface area contributed by atoms with Crippen molar-refractivity contribution in [1.82, 2.24) is 0 Å². The van der Waals surface area contributed by atoms with Crippen LogP contribution in [0.25, 0.3) is 0 Å². The van der Waals surface area contributed by atoms with Crippen LogP contribution in [0.2, 0.25) is 0 Å². The van der Waals surface area contributed by atoms with E-state index in [1.807, 2.05) is 0 Å². The van der Waals surface area contributed by atoms with Gasteiger partial charge in [0.25, 0.3) is 0 Å². The predicted octanol–water partition coefficient (Wildman–Crippen LogP) is 7.09. The lowest BCUT2D eigenvalue weighted by molar-refractivity contribution is -0.248. The Bertz CT molecular complexity index is 861. The molecule has 5 fully saturated rings. The largest absolute Gasteiger partial charge is 0.481 e. The first-order valence-corrected chi connectivity index (χ1v) is 13.8. The molecule has 2 N–H and O–H groups in total. The van der Waals surface area contributed by atoms with Crippen LogP contribution in [0.4, 0.5) is 0 Å². The van der Waals surface area contributed by atoms with Crippen LogP contribution in [0.5, 0.6) is 0 Å². The number of rotatable bonds is 2. The van der Waals surface area contributed by atoms with Gasteiger partial charge in [-0.05, 0) is 122 Å². The van der Waals surface area contributed by atoms with Gasteiger partial charge in [0.1, 0.15) is 0 Å². The summed E-state index contributed by atoms with van der Waals surface area (Å²) in [6, 6.07) is 0. The van der Waals surface area contributed by atoms with Crippen molar-refractivity contribution in [2.24, 2.45) is 56.7 Å². The highest BCUT2D eigenvalue weighted by Gasteiger charge is 2.71. The molecule has 0 amide bonds. The van der Waals surface area contributed by atoms with E-state index < -0.39 is 11.4 Å². The zero-order chi connectivity index (χ0) is 24.2. The third-order valence-electron chi connectivity index (χ3n) is 13.5. The molecule has 0 bridgehead atoms. The van der Waals surface area contributed by atoms with Crippen molar-refractivity contribution in [3.8, 4) is 0 Å². The van der Waals surface area contributed by atoms with Gasteiger partial charge in [-0.2, -0.15) is 0 Å². The predicted molar refractivity (Wildman–Crippen MR) is 133 cm³/mol. The lowest BCUT2D eigenvalue weighted by atomic mass is 9.32. The van der Waals surface area contributed by atoms with Crippen molar-refractivity contribution in [3.63, 3.8) is 0 Å². The van der Waals surface area contributed by atoms with Crippen molar-refractivity contribution >= 4 is 5.97 Å². The lowest BCUT2D eigenvalue weighted by Gasteiger charge is -2.72. The highest BCUT2D eigenvalue weighted by molar-refractivity contribution is 5.76. The number of carboxylic acid groups (broad SMARTS) is 1. The van der Waals surface area contributed by atoms with E-state index in [4.69, 9.17) is 0 Å². The average Bonchev–Trinajstić information content (AvgIpc) is 3.13. The van der Waals surface area contributed by atoms with E-state index in [-0.39, 0.29) is 33.7 Å². The van der Waals surface area contributed by atoms with Crippen LogP contribution in [-0.2, 0) is 4.79 Å². The van der Waals surface area contributed by atoms with Crippen LogP contribution >= 0.6 is 0 Å². The van der Waals surface area contributed by atoms with E-state index >= 15 is 0 Å². The van der Waals surface area contributed by atoms with E-state index in [2.05, 4.69) is 48.1 Å². The molecule has 3 unspecified atom stereocenters. The molecule has 33 heavy (non-hydrogen) atoms. The number of hydrogen-bond donors (Lipinski definition) is 2. The number of aliphatic hydroxyl groups excluding tert-OH is 1. The first-order valence-electron chi connectivity index (χ1n) is 13.8. The molecule has 0 heterocycles. The fourth-order valence-corrected chi connectivity index (χ4v) is 11.5. The zero-order valence-corrected chi connectivity index (χ0v) is 22.0. The summed E-state index contributed by atoms with van der Waals surface area (Å²) in [6.45, 7) is 18.8. The normalized spacial score (nSPS) is 55.0. The molecule has 186 valence electrons. The molecular weight excluding hydrogens is 408 g/mol. The molecule has 3 nitrogen and oxygen atoms in total. The summed E-state index contributed by atoms with van der Waals surface area (Å²) in [7, 11) is 0. The van der Waals surface area contributed by atoms with Gasteiger partial charge in [0, 0.05) is 0 Å². The maximum Gasteiger partial charge on any atom is 0.309 e. The van der Waals surface area contributed by atoms with Crippen LogP contribution in [0.15, 0.2) is 12.2 Å². The summed E-state index contributed by atoms with van der Waals surface area (Å²) >= 11 is 0. The van der Waals surface area contributed by atoms with Gasteiger partial charge in [-0.1, -0.05) is 46.8 Å². The number of carbonyl (C=O) groups is 1. The topological polar surface area (TPSA) is 57.5 Å². The molecule has 0 aromatic rings. The molecule has 0 aromatic carbocycles. The van der Waals surface area contributed by atoms with E-state index in [1.54, 1.807) is 0 Å². The molecule has 0 saturated heterocycles. The molecule has 5 saturated carbocycles. The summed E-state index contributed by atoms with van der Waals surface area (Å²) in [5.41, 5.74) is 1.35. The Hall–Kier alpha value is -0.830. The minimum Gasteiger partial charge on any atom is -0.481 e. The van der Waals surface area contributed by atoms with Gasteiger partial charge in [0.05, 0.1) is 11.5 Å². The van der Waals surface area contributed by atoms with Gasteiger partial charge in [-0.15, -0.1) is 0 Å². The Kier molecular flexibility index (Phi) is 5.15. The maximum atomic E-state index is 12.8. The summed E-state index contributed by atoms with van der Waals surface area (Å²) in [5.74, 6) is 1.79. The van der Waals surface area contributed by atoms with Gasteiger partial charge in [-0.25, -0.2) is 0 Å². The van der Waals surface area contributed by atoms with Crippen molar-refractivity contribution in [3.05, 3.63) is 12.2 Å². The first-order chi connectivity index (χ1) is 15.3. The average molecular weight is 457 g/mol. The van der Waals surface area contributed by atoms with Gasteiger partial charge in [0.15, 0.2) is 0 Å². The molecule has 3 heteroatoms. The number of aliphatic hydroxyl groups is 1. The molecule has 0 aromatic heterocycles. The SMILES string of the molecule is C=C(C)C1CC[C@]2(C(=O)O)CC[C@]3(C)[C@H](CC[C@@H]4[C@@]5(C)CC[C@H](O)C(C)(C)C5CC[C@]43C)C12. The van der Waals surface area contributed by atoms with Crippen molar-refractivity contribution in [2.45, 2.75) is 112 Å². The maximum absolute atomic E-state index is 12.8. The summed E-state index contributed by atoms with van der Waals surface area (Å²) < 4.78 is 0. The standard InChI is InChI=1S/C30H48O3/c1-18(2)19-10-15-30(25(32)33)17-16-28(6)20(24(19)30)8-9-22-27(5)13-12-23(31)26(3,4)21(27)11-14-29(22,28)7/h19-24,31H,1,8-17H2,2-7H3,(H,32,33)/t19?,20-,21?,22-,23+,24?,27+,28-,29-,30+/m1/s1. The highest BCUT2D eigenvalue weighted by atomic mass is 16.4. The molecule has 0 spiro atoms. The number of allylic oxidation sites excluding steroid dienone is 1. The van der Waals surface area contributed by atoms with Crippen LogP contribution in [0, 0.1) is 56.7 Å². The van der Waals surface area contributed by atoms with Crippen LogP contribution in [0.3, 0.4) is 0 Å². The third kappa shape index (κ3) is 2.75. The minimum atomic E-state index is -0.538. The van der Waals surface area contributed by atoms with Crippen molar-refractivity contribution in [2.75, 3.05) is 0 Å². The zero-order valence-electron chi connectivity index (χ0n) is 22.0. The van der Waals surface area contributed by atoms with E-state index in [0.717, 1.165) is 38.5 Å². The molecule has 5 aliphatic rings. The molecule has 0 radical (unpaired) electrons. The van der Waals surface area contributed by atoms with Crippen molar-refractivity contribution < 1.29 is 15.0 Å². The Morgan fingerprint density at radius 3 is 2.15 bits per heavy atom. The number of fused-ring (bicyclic) bond motifs is 7. The Morgan fingerprint density at radius 2 is 1.52 bits per heavy atom. The molecule has 5 aliphatic carbocycles. The molecule has 5 rings (SSSR count). The van der Waals surface area contributed by atoms with Crippen molar-refractivity contribution in [1.29, 1.82) is 0 Å². The van der Waals surface area contributed by atoms with Crippen LogP contribution < -0.4 is 0 Å². The number of aliphatic carboxylic acids is 1. The monoisotopic (exact) mass is 456 g/mol. The fraction of sp³-hybridized carbons (Fsp3) is 0.900. The van der Waals surface area contributed by atoms with Gasteiger partial charge in [0.2, 0.25) is 0 Å². The lowest BCUT2D eigenvalue weighted by Crippen LogP contribution is -2.67. The van der Waals surface area contributed by atoms with E-state index in [9.17, 15) is 15.0 Å². The Morgan fingerprint density at radius 1 is 0.818 bits per heavy atom. The van der Waals surface area contributed by atoms with Gasteiger partial charge < -0.3 is 10.2 Å². The third-order valence-corrected chi connectivity index (χ3v) is 13.5. The van der Waals surface area contributed by atoms with E-state index in [0.29, 0.717) is 23.7 Å². The van der Waals surface area contributed by atoms with Gasteiger partial charge >= 0.3 is 5.97 Å². The minimum absolute atomic E-state index is 0.0202. The van der Waals surface area contributed by atoms with E-state index in [1.165, 1.54) is 31.3 Å². The number of hydrogen-bond acceptors (Lipinski definition) is 2. The molecule has 10 atom stereocenters. The summed E-state index contributed by atoms with van der Waals surface area (Å²) in [6.07, 6.45) is 10.5. The fourth-order valence-electron chi connectivity index (χ4n) is 11.5. The highest BCUT2D eigenvalue weighted by Crippen LogP contribution is 2.77. The van der Waals surface area contributed by atoms with Crippen LogP contribution in [-0.4, -0.2) is 22.3 Å². The second kappa shape index (κ2) is 7.11. The second-order valence-electron chi connectivity index (χ2n) is 14.5. The van der Waals surface area contributed by atoms with Crippen LogP contribution in [0.1, 0.15) is 106 Å².